The molecule has 3 aliphatic heterocycles. The van der Waals surface area contributed by atoms with Gasteiger partial charge in [0, 0.05) is 29.1 Å². The number of aromatic nitrogens is 2. The summed E-state index contributed by atoms with van der Waals surface area (Å²) < 4.78 is 0. The summed E-state index contributed by atoms with van der Waals surface area (Å²) in [6, 6.07) is 9.28. The number of hydrogen-bond donors (Lipinski definition) is 3. The van der Waals surface area contributed by atoms with Crippen LogP contribution in [0.2, 0.25) is 0 Å². The number of aromatic amines is 1. The average Bonchev–Trinajstić information content (AvgIpc) is 3.34. The van der Waals surface area contributed by atoms with E-state index in [0.29, 0.717) is 17.9 Å². The second kappa shape index (κ2) is 6.52. The minimum atomic E-state index is -0.963. The number of para-hydroxylation sites is 1. The molecule has 2 saturated heterocycles. The van der Waals surface area contributed by atoms with Crippen LogP contribution in [0.5, 0.6) is 0 Å². The van der Waals surface area contributed by atoms with Crippen molar-refractivity contribution in [2.24, 2.45) is 5.92 Å². The van der Waals surface area contributed by atoms with Crippen LogP contribution in [0.4, 0.5) is 5.69 Å². The van der Waals surface area contributed by atoms with Gasteiger partial charge in [0.25, 0.3) is 5.56 Å². The maximum absolute atomic E-state index is 13.3. The molecule has 3 aliphatic rings. The number of hydrogen-bond acceptors (Lipinski definition) is 5. The first kappa shape index (κ1) is 18.1. The van der Waals surface area contributed by atoms with Gasteiger partial charge in [-0.2, -0.15) is 0 Å². The fraction of sp³-hybridized carbons (Fsp3) is 0.429. The molecule has 8 heteroatoms. The zero-order valence-corrected chi connectivity index (χ0v) is 16.2. The quantitative estimate of drug-likeness (QED) is 0.722. The first-order valence-electron chi connectivity index (χ1n) is 10.0. The van der Waals surface area contributed by atoms with Gasteiger partial charge < -0.3 is 15.6 Å². The Balaban J connectivity index is 1.48. The number of rotatable bonds is 3. The molecule has 2 fully saturated rings. The van der Waals surface area contributed by atoms with E-state index in [2.05, 4.69) is 25.5 Å². The van der Waals surface area contributed by atoms with E-state index >= 15 is 0 Å². The van der Waals surface area contributed by atoms with Crippen LogP contribution >= 0.6 is 0 Å². The minimum absolute atomic E-state index is 0.120. The monoisotopic (exact) mass is 393 g/mol. The van der Waals surface area contributed by atoms with E-state index in [9.17, 15) is 14.4 Å². The molecule has 8 nitrogen and oxygen atoms in total. The molecule has 2 amide bonds. The van der Waals surface area contributed by atoms with Gasteiger partial charge in [0.15, 0.2) is 0 Å². The van der Waals surface area contributed by atoms with Crippen LogP contribution in [-0.2, 0) is 21.7 Å². The van der Waals surface area contributed by atoms with Crippen LogP contribution in [0, 0.1) is 12.8 Å². The Kier molecular flexibility index (Phi) is 4.06. The smallest absolute Gasteiger partial charge is 0.251 e. The van der Waals surface area contributed by atoms with E-state index in [1.54, 1.807) is 6.92 Å². The number of H-pyrrole nitrogens is 1. The van der Waals surface area contributed by atoms with E-state index in [1.165, 1.54) is 6.07 Å². The highest BCUT2D eigenvalue weighted by Gasteiger charge is 2.65. The van der Waals surface area contributed by atoms with Gasteiger partial charge in [-0.3, -0.25) is 19.3 Å². The van der Waals surface area contributed by atoms with Crippen LogP contribution in [0.3, 0.4) is 0 Å². The number of carbonyl (C=O) groups excluding carboxylic acids is 2. The number of nitrogens with zero attached hydrogens (tertiary/aromatic N) is 2. The normalized spacial score (nSPS) is 27.7. The number of anilines is 1. The lowest BCUT2D eigenvalue weighted by atomic mass is 9.78. The number of nitrogens with one attached hydrogen (secondary N) is 3. The number of fused-ring (bicyclic) bond motifs is 4. The molecule has 0 bridgehead atoms. The first-order chi connectivity index (χ1) is 14.0. The Labute approximate surface area is 167 Å². The van der Waals surface area contributed by atoms with Gasteiger partial charge in [-0.25, -0.2) is 4.98 Å². The maximum Gasteiger partial charge on any atom is 0.251 e. The zero-order chi connectivity index (χ0) is 20.2. The van der Waals surface area contributed by atoms with Crippen LogP contribution in [-0.4, -0.2) is 39.3 Å². The third-order valence-electron chi connectivity index (χ3n) is 6.44. The van der Waals surface area contributed by atoms with Crippen LogP contribution in [0.25, 0.3) is 0 Å². The van der Waals surface area contributed by atoms with Crippen molar-refractivity contribution < 1.29 is 9.59 Å². The predicted octanol–water partition coefficient (Wildman–Crippen LogP) is 1.03. The molecule has 150 valence electrons. The molecule has 29 heavy (non-hydrogen) atoms. The molecule has 1 spiro atoms. The fourth-order valence-corrected chi connectivity index (χ4v) is 5.40. The molecule has 5 rings (SSSR count). The van der Waals surface area contributed by atoms with E-state index in [1.807, 2.05) is 24.3 Å². The second-order valence-corrected chi connectivity index (χ2v) is 8.10. The van der Waals surface area contributed by atoms with Crippen molar-refractivity contribution in [3.63, 3.8) is 0 Å². The maximum atomic E-state index is 13.3. The summed E-state index contributed by atoms with van der Waals surface area (Å²) in [5, 5.41) is 5.90. The Hall–Kier alpha value is -3.00. The molecule has 0 radical (unpaired) electrons. The molecule has 0 saturated carbocycles. The summed E-state index contributed by atoms with van der Waals surface area (Å²) in [5.41, 5.74) is 1.06. The van der Waals surface area contributed by atoms with Gasteiger partial charge in [-0.05, 0) is 38.8 Å². The molecule has 0 unspecified atom stereocenters. The molecule has 4 heterocycles. The van der Waals surface area contributed by atoms with Crippen LogP contribution in [0.1, 0.15) is 36.3 Å². The van der Waals surface area contributed by atoms with E-state index in [0.717, 1.165) is 30.6 Å². The number of amides is 2. The van der Waals surface area contributed by atoms with Gasteiger partial charge in [-0.15, -0.1) is 0 Å². The van der Waals surface area contributed by atoms with Crippen LogP contribution < -0.4 is 16.2 Å². The zero-order valence-electron chi connectivity index (χ0n) is 16.2. The lowest BCUT2D eigenvalue weighted by molar-refractivity contribution is -0.137. The summed E-state index contributed by atoms with van der Waals surface area (Å²) in [5.74, 6) is -0.388. The second-order valence-electron chi connectivity index (χ2n) is 8.10. The van der Waals surface area contributed by atoms with Crippen molar-refractivity contribution in [1.82, 2.24) is 20.2 Å². The molecular formula is C21H23N5O3. The Morgan fingerprint density at radius 2 is 2.17 bits per heavy atom. The van der Waals surface area contributed by atoms with Crippen molar-refractivity contribution >= 4 is 17.5 Å². The van der Waals surface area contributed by atoms with Crippen molar-refractivity contribution in [3.8, 4) is 0 Å². The van der Waals surface area contributed by atoms with Crippen molar-refractivity contribution in [3.05, 3.63) is 57.8 Å². The molecular weight excluding hydrogens is 370 g/mol. The standard InChI is InChI=1S/C21H23N5O3/c1-12-9-18(27)25-17(23-12)11-22-19(28)15-10-13-5-4-8-26(13)21(15)14-6-2-3-7-16(14)24-20(21)29/h2-3,6-7,9,13,15H,4-5,8,10-11H2,1H3,(H,22,28)(H,24,29)(H,23,25,27)/t13-,15-,21+/m1/s1. The Bertz CT molecular complexity index is 1060. The highest BCUT2D eigenvalue weighted by Crippen LogP contribution is 2.55. The van der Waals surface area contributed by atoms with Crippen molar-refractivity contribution in [2.45, 2.75) is 44.3 Å². The molecule has 0 aliphatic carbocycles. The van der Waals surface area contributed by atoms with Gasteiger partial charge in [-0.1, -0.05) is 18.2 Å². The highest BCUT2D eigenvalue weighted by atomic mass is 16.2. The molecule has 3 atom stereocenters. The lowest BCUT2D eigenvalue weighted by Crippen LogP contribution is -2.54. The van der Waals surface area contributed by atoms with Crippen molar-refractivity contribution in [2.75, 3.05) is 11.9 Å². The van der Waals surface area contributed by atoms with E-state index in [-0.39, 0.29) is 30.0 Å². The Morgan fingerprint density at radius 1 is 1.34 bits per heavy atom. The van der Waals surface area contributed by atoms with Gasteiger partial charge >= 0.3 is 0 Å². The molecule has 1 aromatic carbocycles. The third-order valence-corrected chi connectivity index (χ3v) is 6.44. The SMILES string of the molecule is Cc1cc(=O)[nH]c(CNC(=O)[C@H]2C[C@H]3CCCN3[C@]23C(=O)Nc2ccccc23)n1. The topological polar surface area (TPSA) is 107 Å². The summed E-state index contributed by atoms with van der Waals surface area (Å²) >= 11 is 0. The van der Waals surface area contributed by atoms with Gasteiger partial charge in [0.2, 0.25) is 11.8 Å². The highest BCUT2D eigenvalue weighted by molar-refractivity contribution is 6.09. The van der Waals surface area contributed by atoms with E-state index in [4.69, 9.17) is 0 Å². The summed E-state index contributed by atoms with van der Waals surface area (Å²) in [4.78, 5) is 47.4. The predicted molar refractivity (Wildman–Crippen MR) is 106 cm³/mol. The lowest BCUT2D eigenvalue weighted by Gasteiger charge is -2.36. The Morgan fingerprint density at radius 3 is 3.00 bits per heavy atom. The molecule has 2 aromatic rings. The number of carbonyl (C=O) groups is 2. The minimum Gasteiger partial charge on any atom is -0.349 e. The van der Waals surface area contributed by atoms with Crippen molar-refractivity contribution in [1.29, 1.82) is 0 Å². The summed E-state index contributed by atoms with van der Waals surface area (Å²) in [6.45, 7) is 2.67. The van der Waals surface area contributed by atoms with Gasteiger partial charge in [0.05, 0.1) is 12.5 Å². The molecule has 3 N–H and O–H groups in total. The third kappa shape index (κ3) is 2.62. The number of aryl methyl sites for hydroxylation is 1. The largest absolute Gasteiger partial charge is 0.349 e. The van der Waals surface area contributed by atoms with Crippen LogP contribution in [0.15, 0.2) is 35.1 Å². The van der Waals surface area contributed by atoms with E-state index < -0.39 is 11.5 Å². The first-order valence-corrected chi connectivity index (χ1v) is 10.0. The van der Waals surface area contributed by atoms with Gasteiger partial charge in [0.1, 0.15) is 11.4 Å². The molecule has 1 aromatic heterocycles. The number of benzene rings is 1. The fourth-order valence-electron chi connectivity index (χ4n) is 5.40. The summed E-state index contributed by atoms with van der Waals surface area (Å²) in [7, 11) is 0. The summed E-state index contributed by atoms with van der Waals surface area (Å²) in [6.07, 6.45) is 2.67. The average molecular weight is 393 g/mol.